The van der Waals surface area contributed by atoms with Crippen LogP contribution in [-0.2, 0) is 11.3 Å². The van der Waals surface area contributed by atoms with Gasteiger partial charge in [0.2, 0.25) is 5.91 Å². The van der Waals surface area contributed by atoms with Crippen molar-refractivity contribution in [1.29, 1.82) is 0 Å². The van der Waals surface area contributed by atoms with Crippen LogP contribution >= 0.6 is 35.0 Å². The number of nitrogens with one attached hydrogen (secondary N) is 2. The molecule has 0 aliphatic heterocycles. The third kappa shape index (κ3) is 5.82. The van der Waals surface area contributed by atoms with E-state index in [0.717, 1.165) is 11.3 Å². The SMILES string of the molecule is CCn1c(SCC(=O)Nc2ccccc2C)nnc1[C@H](C)NC(=O)c1ccc(Cl)cc1Cl. The Balaban J connectivity index is 1.65. The van der Waals surface area contributed by atoms with E-state index in [4.69, 9.17) is 23.2 Å². The summed E-state index contributed by atoms with van der Waals surface area (Å²) in [6.07, 6.45) is 0. The Morgan fingerprint density at radius 3 is 2.59 bits per heavy atom. The van der Waals surface area contributed by atoms with Crippen molar-refractivity contribution >= 4 is 52.5 Å². The van der Waals surface area contributed by atoms with Gasteiger partial charge in [-0.05, 0) is 50.6 Å². The predicted octanol–water partition coefficient (Wildman–Crippen LogP) is 5.14. The van der Waals surface area contributed by atoms with Gasteiger partial charge in [-0.1, -0.05) is 53.2 Å². The van der Waals surface area contributed by atoms with Crippen LogP contribution in [0.2, 0.25) is 10.0 Å². The summed E-state index contributed by atoms with van der Waals surface area (Å²) in [6.45, 7) is 6.30. The number of hydrogen-bond acceptors (Lipinski definition) is 5. The van der Waals surface area contributed by atoms with Gasteiger partial charge >= 0.3 is 0 Å². The van der Waals surface area contributed by atoms with Gasteiger partial charge in [-0.3, -0.25) is 9.59 Å². The normalized spacial score (nSPS) is 11.8. The fourth-order valence-electron chi connectivity index (χ4n) is 3.07. The summed E-state index contributed by atoms with van der Waals surface area (Å²) in [7, 11) is 0. The second-order valence-corrected chi connectivity index (χ2v) is 8.84. The minimum atomic E-state index is -0.420. The lowest BCUT2D eigenvalue weighted by Gasteiger charge is -2.15. The number of carbonyl (C=O) groups is 2. The molecule has 0 saturated heterocycles. The highest BCUT2D eigenvalue weighted by Crippen LogP contribution is 2.24. The highest BCUT2D eigenvalue weighted by molar-refractivity contribution is 7.99. The third-order valence-electron chi connectivity index (χ3n) is 4.72. The van der Waals surface area contributed by atoms with Gasteiger partial charge in [0.15, 0.2) is 11.0 Å². The maximum atomic E-state index is 12.6. The summed E-state index contributed by atoms with van der Waals surface area (Å²) < 4.78 is 1.88. The summed E-state index contributed by atoms with van der Waals surface area (Å²) in [5, 5.41) is 15.6. The second kappa shape index (κ2) is 10.8. The number of rotatable bonds is 8. The van der Waals surface area contributed by atoms with Crippen molar-refractivity contribution in [2.45, 2.75) is 38.5 Å². The van der Waals surface area contributed by atoms with Crippen LogP contribution in [0.1, 0.15) is 41.6 Å². The van der Waals surface area contributed by atoms with Gasteiger partial charge in [0.05, 0.1) is 22.4 Å². The average molecular weight is 492 g/mol. The molecule has 168 valence electrons. The first-order valence-corrected chi connectivity index (χ1v) is 11.7. The molecule has 2 amide bonds. The first-order chi connectivity index (χ1) is 15.3. The summed E-state index contributed by atoms with van der Waals surface area (Å²) in [5.74, 6) is 0.313. The van der Waals surface area contributed by atoms with E-state index in [-0.39, 0.29) is 22.6 Å². The van der Waals surface area contributed by atoms with Crippen molar-refractivity contribution in [3.63, 3.8) is 0 Å². The van der Waals surface area contributed by atoms with Crippen molar-refractivity contribution in [1.82, 2.24) is 20.1 Å². The van der Waals surface area contributed by atoms with Crippen LogP contribution in [0.25, 0.3) is 0 Å². The molecule has 0 bridgehead atoms. The van der Waals surface area contributed by atoms with Gasteiger partial charge in [0.25, 0.3) is 5.91 Å². The fraction of sp³-hybridized carbons (Fsp3) is 0.273. The van der Waals surface area contributed by atoms with E-state index in [1.165, 1.54) is 17.8 Å². The van der Waals surface area contributed by atoms with Crippen LogP contribution in [0.5, 0.6) is 0 Å². The largest absolute Gasteiger partial charge is 0.342 e. The Labute approximate surface area is 200 Å². The molecule has 0 aliphatic carbocycles. The molecule has 2 aromatic carbocycles. The third-order valence-corrected chi connectivity index (χ3v) is 6.24. The number of amides is 2. The number of aryl methyl sites for hydroxylation is 1. The molecule has 3 aromatic rings. The maximum Gasteiger partial charge on any atom is 0.253 e. The molecule has 0 radical (unpaired) electrons. The summed E-state index contributed by atoms with van der Waals surface area (Å²) >= 11 is 13.3. The minimum Gasteiger partial charge on any atom is -0.342 e. The second-order valence-electron chi connectivity index (χ2n) is 7.06. The zero-order valence-electron chi connectivity index (χ0n) is 17.9. The molecule has 0 spiro atoms. The van der Waals surface area contributed by atoms with Crippen LogP contribution in [0.15, 0.2) is 47.6 Å². The molecule has 0 saturated carbocycles. The van der Waals surface area contributed by atoms with Crippen molar-refractivity contribution in [3.8, 4) is 0 Å². The fourth-order valence-corrected chi connectivity index (χ4v) is 4.37. The molecule has 1 atom stereocenters. The first kappa shape index (κ1) is 24.1. The van der Waals surface area contributed by atoms with Crippen molar-refractivity contribution in [2.24, 2.45) is 0 Å². The number of aromatic nitrogens is 3. The van der Waals surface area contributed by atoms with Gasteiger partial charge in [0, 0.05) is 17.3 Å². The topological polar surface area (TPSA) is 88.9 Å². The first-order valence-electron chi connectivity index (χ1n) is 9.97. The molecule has 7 nitrogen and oxygen atoms in total. The molecule has 1 aromatic heterocycles. The molecule has 0 fully saturated rings. The number of nitrogens with zero attached hydrogens (tertiary/aromatic N) is 3. The Hall–Kier alpha value is -2.55. The number of para-hydroxylation sites is 1. The maximum absolute atomic E-state index is 12.6. The molecule has 0 aliphatic rings. The van der Waals surface area contributed by atoms with Gasteiger partial charge < -0.3 is 15.2 Å². The molecule has 32 heavy (non-hydrogen) atoms. The van der Waals surface area contributed by atoms with Crippen LogP contribution < -0.4 is 10.6 Å². The highest BCUT2D eigenvalue weighted by Gasteiger charge is 2.21. The lowest BCUT2D eigenvalue weighted by molar-refractivity contribution is -0.113. The number of carbonyl (C=O) groups excluding carboxylic acids is 2. The van der Waals surface area contributed by atoms with E-state index in [2.05, 4.69) is 20.8 Å². The lowest BCUT2D eigenvalue weighted by Crippen LogP contribution is -2.29. The van der Waals surface area contributed by atoms with E-state index < -0.39 is 6.04 Å². The Bertz CT molecular complexity index is 1140. The minimum absolute atomic E-state index is 0.129. The quantitative estimate of drug-likeness (QED) is 0.426. The Kier molecular flexibility index (Phi) is 8.17. The molecule has 1 heterocycles. The number of hydrogen-bond donors (Lipinski definition) is 2. The zero-order valence-corrected chi connectivity index (χ0v) is 20.2. The van der Waals surface area contributed by atoms with E-state index >= 15 is 0 Å². The van der Waals surface area contributed by atoms with E-state index in [9.17, 15) is 9.59 Å². The van der Waals surface area contributed by atoms with Gasteiger partial charge in [-0.2, -0.15) is 0 Å². The highest BCUT2D eigenvalue weighted by atomic mass is 35.5. The predicted molar refractivity (Wildman–Crippen MR) is 129 cm³/mol. The number of thioether (sulfide) groups is 1. The molecular formula is C22H23Cl2N5O2S. The number of anilines is 1. The Morgan fingerprint density at radius 2 is 1.91 bits per heavy atom. The smallest absolute Gasteiger partial charge is 0.253 e. The molecule has 0 unspecified atom stereocenters. The number of halogens is 2. The molecular weight excluding hydrogens is 469 g/mol. The van der Waals surface area contributed by atoms with Gasteiger partial charge in [-0.15, -0.1) is 10.2 Å². The van der Waals surface area contributed by atoms with Crippen LogP contribution in [0.3, 0.4) is 0 Å². The van der Waals surface area contributed by atoms with Crippen LogP contribution in [0, 0.1) is 6.92 Å². The summed E-state index contributed by atoms with van der Waals surface area (Å²) in [6, 6.07) is 11.9. The van der Waals surface area contributed by atoms with E-state index in [0.29, 0.717) is 28.1 Å². The summed E-state index contributed by atoms with van der Waals surface area (Å²) in [4.78, 5) is 25.0. The van der Waals surface area contributed by atoms with Crippen LogP contribution in [0.4, 0.5) is 5.69 Å². The standard InChI is InChI=1S/C22H23Cl2N5O2S/c1-4-29-20(14(3)25-21(31)16-10-9-15(23)11-17(16)24)27-28-22(29)32-12-19(30)26-18-8-6-5-7-13(18)2/h5-11,14H,4,12H2,1-3H3,(H,25,31)(H,26,30)/t14-/m0/s1. The Morgan fingerprint density at radius 1 is 1.16 bits per heavy atom. The summed E-state index contributed by atoms with van der Waals surface area (Å²) in [5.41, 5.74) is 2.11. The average Bonchev–Trinajstić information content (AvgIpc) is 3.17. The van der Waals surface area contributed by atoms with Gasteiger partial charge in [0.1, 0.15) is 0 Å². The molecule has 3 rings (SSSR count). The van der Waals surface area contributed by atoms with Gasteiger partial charge in [-0.25, -0.2) is 0 Å². The lowest BCUT2D eigenvalue weighted by atomic mass is 10.2. The monoisotopic (exact) mass is 491 g/mol. The van der Waals surface area contributed by atoms with Crippen molar-refractivity contribution in [2.75, 3.05) is 11.1 Å². The molecule has 10 heteroatoms. The van der Waals surface area contributed by atoms with E-state index in [1.54, 1.807) is 12.1 Å². The molecule has 2 N–H and O–H groups in total. The van der Waals surface area contributed by atoms with Crippen LogP contribution in [-0.4, -0.2) is 32.3 Å². The zero-order chi connectivity index (χ0) is 23.3. The van der Waals surface area contributed by atoms with Crippen molar-refractivity contribution < 1.29 is 9.59 Å². The van der Waals surface area contributed by atoms with E-state index in [1.807, 2.05) is 49.6 Å². The number of benzene rings is 2. The van der Waals surface area contributed by atoms with Crippen molar-refractivity contribution in [3.05, 3.63) is 69.5 Å².